The van der Waals surface area contributed by atoms with E-state index in [9.17, 15) is 9.18 Å². The highest BCUT2D eigenvalue weighted by Gasteiger charge is 1.93. The minimum atomic E-state index is -0.334. The highest BCUT2D eigenvalue weighted by Crippen LogP contribution is 2.07. The van der Waals surface area contributed by atoms with E-state index < -0.39 is 0 Å². The van der Waals surface area contributed by atoms with Crippen molar-refractivity contribution in [3.63, 3.8) is 0 Å². The van der Waals surface area contributed by atoms with Crippen molar-refractivity contribution in [1.29, 1.82) is 0 Å². The third kappa shape index (κ3) is 2.00. The highest BCUT2D eigenvalue weighted by molar-refractivity contribution is 5.74. The lowest BCUT2D eigenvalue weighted by Crippen LogP contribution is -1.78. The van der Waals surface area contributed by atoms with E-state index in [-0.39, 0.29) is 5.82 Å². The van der Waals surface area contributed by atoms with Crippen molar-refractivity contribution in [3.05, 3.63) is 41.7 Å². The van der Waals surface area contributed by atoms with Gasteiger partial charge in [-0.25, -0.2) is 4.39 Å². The van der Waals surface area contributed by atoms with Crippen molar-refractivity contribution in [2.45, 2.75) is 0 Å². The Hall–Kier alpha value is -1.44. The lowest BCUT2D eigenvalue weighted by molar-refractivity contribution is 0.564. The van der Waals surface area contributed by atoms with Gasteiger partial charge in [0.25, 0.3) is 0 Å². The van der Waals surface area contributed by atoms with Gasteiger partial charge in [0, 0.05) is 5.56 Å². The number of hydrogen-bond acceptors (Lipinski definition) is 1. The van der Waals surface area contributed by atoms with Crippen LogP contribution in [0.25, 0.3) is 6.08 Å². The van der Waals surface area contributed by atoms with E-state index in [2.05, 4.69) is 0 Å². The molecule has 0 saturated carbocycles. The quantitative estimate of drug-likeness (QED) is 0.587. The first-order valence-corrected chi connectivity index (χ1v) is 3.13. The summed E-state index contributed by atoms with van der Waals surface area (Å²) in [4.78, 5) is 9.76. The van der Waals surface area contributed by atoms with Crippen LogP contribution in [0.5, 0.6) is 0 Å². The molecule has 0 unspecified atom stereocenters. The molecule has 0 bridgehead atoms. The summed E-state index contributed by atoms with van der Waals surface area (Å²) in [6, 6.07) is 6.22. The Morgan fingerprint density at radius 1 is 1.36 bits per heavy atom. The van der Waals surface area contributed by atoms with Gasteiger partial charge >= 0.3 is 0 Å². The predicted molar refractivity (Wildman–Crippen MR) is 41.1 cm³/mol. The van der Waals surface area contributed by atoms with Crippen LogP contribution in [0, 0.1) is 5.82 Å². The van der Waals surface area contributed by atoms with Crippen LogP contribution in [0.2, 0.25) is 0 Å². The van der Waals surface area contributed by atoms with Gasteiger partial charge in [0.2, 0.25) is 6.29 Å². The normalized spacial score (nSPS) is 10.3. The van der Waals surface area contributed by atoms with Crippen LogP contribution in [0.3, 0.4) is 0 Å². The number of hydrogen-bond donors (Lipinski definition) is 0. The number of rotatable bonds is 2. The van der Waals surface area contributed by atoms with Crippen LogP contribution in [0.1, 0.15) is 5.56 Å². The molecule has 0 heterocycles. The topological polar surface area (TPSA) is 17.1 Å². The van der Waals surface area contributed by atoms with Gasteiger partial charge in [0.1, 0.15) is 5.82 Å². The lowest BCUT2D eigenvalue weighted by Gasteiger charge is -1.92. The van der Waals surface area contributed by atoms with Crippen molar-refractivity contribution in [2.75, 3.05) is 0 Å². The van der Waals surface area contributed by atoms with Crippen LogP contribution in [0.4, 0.5) is 4.39 Å². The summed E-state index contributed by atoms with van der Waals surface area (Å²) in [5.74, 6) is -0.334. The van der Waals surface area contributed by atoms with E-state index in [1.54, 1.807) is 24.5 Å². The molecular formula is C9H6FO. The minimum absolute atomic E-state index is 0.334. The summed E-state index contributed by atoms with van der Waals surface area (Å²) < 4.78 is 12.7. The average Bonchev–Trinajstić information content (AvgIpc) is 2.03. The zero-order chi connectivity index (χ0) is 8.10. The Labute approximate surface area is 64.2 Å². The first-order chi connectivity index (χ1) is 5.34. The average molecular weight is 149 g/mol. The molecular weight excluding hydrogens is 143 g/mol. The van der Waals surface area contributed by atoms with Crippen molar-refractivity contribution in [2.24, 2.45) is 0 Å². The molecule has 55 valence electrons. The third-order valence-corrected chi connectivity index (χ3v) is 1.24. The lowest BCUT2D eigenvalue weighted by atomic mass is 10.2. The molecule has 1 aromatic rings. The fraction of sp³-hybridized carbons (Fsp3) is 0. The first-order valence-electron chi connectivity index (χ1n) is 3.13. The van der Waals surface area contributed by atoms with Crippen LogP contribution >= 0.6 is 0 Å². The summed E-state index contributed by atoms with van der Waals surface area (Å²) in [7, 11) is 0. The molecule has 1 rings (SSSR count). The van der Waals surface area contributed by atoms with Gasteiger partial charge in [-0.05, 0) is 18.2 Å². The van der Waals surface area contributed by atoms with Gasteiger partial charge in [-0.1, -0.05) is 18.2 Å². The van der Waals surface area contributed by atoms with Crippen molar-refractivity contribution < 1.29 is 9.18 Å². The molecule has 0 aliphatic heterocycles. The van der Waals surface area contributed by atoms with Gasteiger partial charge in [-0.15, -0.1) is 0 Å². The van der Waals surface area contributed by atoms with Crippen molar-refractivity contribution in [1.82, 2.24) is 0 Å². The second kappa shape index (κ2) is 3.66. The second-order valence-corrected chi connectivity index (χ2v) is 1.97. The van der Waals surface area contributed by atoms with Crippen LogP contribution in [0.15, 0.2) is 30.3 Å². The van der Waals surface area contributed by atoms with E-state index in [0.717, 1.165) is 6.08 Å². The van der Waals surface area contributed by atoms with Crippen LogP contribution < -0.4 is 0 Å². The Morgan fingerprint density at radius 2 is 2.09 bits per heavy atom. The molecule has 1 aromatic carbocycles. The van der Waals surface area contributed by atoms with Crippen LogP contribution in [-0.4, -0.2) is 6.29 Å². The number of halogens is 1. The number of allylic oxidation sites excluding steroid dienone is 1. The largest absolute Gasteiger partial charge is 0.286 e. The Balaban J connectivity index is 2.94. The van der Waals surface area contributed by atoms with Crippen LogP contribution in [-0.2, 0) is 4.79 Å². The second-order valence-electron chi connectivity index (χ2n) is 1.97. The predicted octanol–water partition coefficient (Wildman–Crippen LogP) is 1.95. The van der Waals surface area contributed by atoms with Gasteiger partial charge in [-0.2, -0.15) is 0 Å². The van der Waals surface area contributed by atoms with E-state index in [0.29, 0.717) is 5.56 Å². The molecule has 0 saturated heterocycles. The smallest absolute Gasteiger partial charge is 0.225 e. The molecule has 0 atom stereocenters. The summed E-state index contributed by atoms with van der Waals surface area (Å²) in [6.07, 6.45) is 4.06. The molecule has 1 nitrogen and oxygen atoms in total. The molecule has 0 N–H and O–H groups in total. The maximum Gasteiger partial charge on any atom is 0.225 e. The SMILES string of the molecule is O=[C]/C=C/c1ccccc1F. The third-order valence-electron chi connectivity index (χ3n) is 1.24. The fourth-order valence-electron chi connectivity index (χ4n) is 0.734. The molecule has 0 fully saturated rings. The van der Waals surface area contributed by atoms with Crippen molar-refractivity contribution >= 4 is 12.4 Å². The zero-order valence-electron chi connectivity index (χ0n) is 5.75. The molecule has 0 aromatic heterocycles. The minimum Gasteiger partial charge on any atom is -0.286 e. The highest BCUT2D eigenvalue weighted by atomic mass is 19.1. The van der Waals surface area contributed by atoms with Gasteiger partial charge in [-0.3, -0.25) is 4.79 Å². The summed E-state index contributed by atoms with van der Waals surface area (Å²) >= 11 is 0. The van der Waals surface area contributed by atoms with Crippen molar-refractivity contribution in [3.8, 4) is 0 Å². The molecule has 11 heavy (non-hydrogen) atoms. The molecule has 0 spiro atoms. The van der Waals surface area contributed by atoms with E-state index in [1.807, 2.05) is 0 Å². The molecule has 2 heteroatoms. The van der Waals surface area contributed by atoms with Gasteiger partial charge in [0.05, 0.1) is 0 Å². The zero-order valence-corrected chi connectivity index (χ0v) is 5.75. The maximum atomic E-state index is 12.7. The fourth-order valence-corrected chi connectivity index (χ4v) is 0.734. The van der Waals surface area contributed by atoms with E-state index in [1.165, 1.54) is 12.1 Å². The van der Waals surface area contributed by atoms with E-state index >= 15 is 0 Å². The Bertz CT molecular complexity index is 279. The standard InChI is InChI=1S/C9H6FO/c10-9-6-2-1-4-8(9)5-3-7-11/h1-6H/b5-3+. The molecule has 0 amide bonds. The number of benzene rings is 1. The summed E-state index contributed by atoms with van der Waals surface area (Å²) in [5.41, 5.74) is 0.399. The maximum absolute atomic E-state index is 12.7. The van der Waals surface area contributed by atoms with E-state index in [4.69, 9.17) is 0 Å². The monoisotopic (exact) mass is 149 g/mol. The van der Waals surface area contributed by atoms with Gasteiger partial charge < -0.3 is 0 Å². The van der Waals surface area contributed by atoms with Gasteiger partial charge in [0.15, 0.2) is 0 Å². The number of carbonyl (C=O) groups excluding carboxylic acids is 1. The Kier molecular flexibility index (Phi) is 2.55. The summed E-state index contributed by atoms with van der Waals surface area (Å²) in [5, 5.41) is 0. The first kappa shape index (κ1) is 7.66. The molecule has 0 aliphatic carbocycles. The summed E-state index contributed by atoms with van der Waals surface area (Å²) in [6.45, 7) is 0. The Morgan fingerprint density at radius 3 is 2.73 bits per heavy atom. The molecule has 0 aliphatic rings. The molecule has 1 radical (unpaired) electrons.